The quantitative estimate of drug-likeness (QED) is 0.654. The number of carbonyl (C=O) groups excluding carboxylic acids is 1. The lowest BCUT2D eigenvalue weighted by molar-refractivity contribution is 0.179. The first kappa shape index (κ1) is 23.0. The summed E-state index contributed by atoms with van der Waals surface area (Å²) in [6.45, 7) is 5.27. The molecule has 2 aromatic heterocycles. The van der Waals surface area contributed by atoms with E-state index in [-0.39, 0.29) is 12.1 Å². The van der Waals surface area contributed by atoms with Crippen molar-refractivity contribution < 1.29 is 13.2 Å². The Hall–Kier alpha value is -2.21. The third kappa shape index (κ3) is 5.58. The number of piperidine rings is 1. The van der Waals surface area contributed by atoms with Crippen LogP contribution < -0.4 is 14.9 Å². The Labute approximate surface area is 193 Å². The maximum Gasteiger partial charge on any atom is 0.317 e. The van der Waals surface area contributed by atoms with E-state index in [0.717, 1.165) is 37.6 Å². The third-order valence-electron chi connectivity index (χ3n) is 5.96. The monoisotopic (exact) mass is 478 g/mol. The molecule has 0 radical (unpaired) electrons. The number of amides is 2. The van der Waals surface area contributed by atoms with Gasteiger partial charge in [-0.1, -0.05) is 12.1 Å². The molecule has 2 aliphatic rings. The van der Waals surface area contributed by atoms with Crippen LogP contribution in [-0.2, 0) is 16.6 Å². The molecule has 9 nitrogen and oxygen atoms in total. The third-order valence-corrected chi connectivity index (χ3v) is 8.88. The van der Waals surface area contributed by atoms with Crippen LogP contribution in [0.4, 0.5) is 10.6 Å². The van der Waals surface area contributed by atoms with Crippen LogP contribution in [0.15, 0.2) is 40.1 Å². The number of sulfonamides is 1. The van der Waals surface area contributed by atoms with Crippen molar-refractivity contribution in [3.63, 3.8) is 0 Å². The predicted octanol–water partition coefficient (Wildman–Crippen LogP) is 1.55. The van der Waals surface area contributed by atoms with E-state index < -0.39 is 10.0 Å². The van der Waals surface area contributed by atoms with Crippen LogP contribution in [0.25, 0.3) is 0 Å². The number of thiophene rings is 1. The van der Waals surface area contributed by atoms with Gasteiger partial charge >= 0.3 is 6.03 Å². The Balaban J connectivity index is 1.27. The van der Waals surface area contributed by atoms with Gasteiger partial charge in [0.1, 0.15) is 10.0 Å². The molecule has 0 bridgehead atoms. The first-order valence-electron chi connectivity index (χ1n) is 10.9. The lowest BCUT2D eigenvalue weighted by Gasteiger charge is -2.34. The van der Waals surface area contributed by atoms with Gasteiger partial charge in [-0.2, -0.15) is 0 Å². The number of aromatic nitrogens is 1. The molecule has 11 heteroatoms. The number of likely N-dealkylation sites (tertiary alicyclic amines) is 1. The summed E-state index contributed by atoms with van der Waals surface area (Å²) in [5, 5.41) is 4.76. The standard InChI is InChI=1S/C21H30N6O3S2/c1-25-11-13-26(14-12-25)20-17(4-2-8-22-20)16-23-21(28)27-9-6-18(7-10-27)24-32(29,30)19-5-3-15-31-19/h2-5,8,15,18,24H,6-7,9-14,16H2,1H3,(H,23,28). The van der Waals surface area contributed by atoms with Gasteiger partial charge in [0.15, 0.2) is 0 Å². The fourth-order valence-corrected chi connectivity index (χ4v) is 6.36. The highest BCUT2D eigenvalue weighted by atomic mass is 32.2. The first-order chi connectivity index (χ1) is 15.4. The molecule has 2 aromatic rings. The van der Waals surface area contributed by atoms with Crippen LogP contribution >= 0.6 is 11.3 Å². The summed E-state index contributed by atoms with van der Waals surface area (Å²) >= 11 is 1.20. The number of hydrogen-bond donors (Lipinski definition) is 2. The molecule has 32 heavy (non-hydrogen) atoms. The number of nitrogens with one attached hydrogen (secondary N) is 2. The summed E-state index contributed by atoms with van der Waals surface area (Å²) in [4.78, 5) is 23.6. The normalized spacial score (nSPS) is 18.7. The molecule has 0 unspecified atom stereocenters. The summed E-state index contributed by atoms with van der Waals surface area (Å²) in [7, 11) is -1.37. The highest BCUT2D eigenvalue weighted by Crippen LogP contribution is 2.20. The molecule has 0 aromatic carbocycles. The molecule has 2 saturated heterocycles. The van der Waals surface area contributed by atoms with Gasteiger partial charge in [-0.3, -0.25) is 0 Å². The van der Waals surface area contributed by atoms with Crippen molar-refractivity contribution in [1.82, 2.24) is 24.8 Å². The van der Waals surface area contributed by atoms with Crippen molar-refractivity contribution in [2.45, 2.75) is 29.6 Å². The van der Waals surface area contributed by atoms with Crippen LogP contribution in [0.5, 0.6) is 0 Å². The van der Waals surface area contributed by atoms with Crippen molar-refractivity contribution >= 4 is 33.2 Å². The fourth-order valence-electron chi connectivity index (χ4n) is 4.05. The van der Waals surface area contributed by atoms with Crippen molar-refractivity contribution in [3.05, 3.63) is 41.4 Å². The maximum absolute atomic E-state index is 12.7. The van der Waals surface area contributed by atoms with Crippen LogP contribution in [0, 0.1) is 0 Å². The number of urea groups is 1. The van der Waals surface area contributed by atoms with E-state index in [1.54, 1.807) is 28.6 Å². The van der Waals surface area contributed by atoms with E-state index in [2.05, 4.69) is 31.9 Å². The molecule has 0 saturated carbocycles. The van der Waals surface area contributed by atoms with E-state index >= 15 is 0 Å². The minimum absolute atomic E-state index is 0.127. The highest BCUT2D eigenvalue weighted by molar-refractivity contribution is 7.91. The number of carbonyl (C=O) groups is 1. The lowest BCUT2D eigenvalue weighted by atomic mass is 10.1. The minimum Gasteiger partial charge on any atom is -0.354 e. The van der Waals surface area contributed by atoms with Gasteiger partial charge < -0.3 is 20.0 Å². The highest BCUT2D eigenvalue weighted by Gasteiger charge is 2.27. The summed E-state index contributed by atoms with van der Waals surface area (Å²) in [6, 6.07) is 6.94. The number of piperazine rings is 1. The van der Waals surface area contributed by atoms with Crippen molar-refractivity contribution in [2.75, 3.05) is 51.2 Å². The van der Waals surface area contributed by atoms with Gasteiger partial charge in [0.2, 0.25) is 10.0 Å². The second-order valence-electron chi connectivity index (χ2n) is 8.25. The Morgan fingerprint density at radius 3 is 2.56 bits per heavy atom. The number of nitrogens with zero attached hydrogens (tertiary/aromatic N) is 4. The zero-order valence-corrected chi connectivity index (χ0v) is 19.9. The van der Waals surface area contributed by atoms with Gasteiger partial charge in [0, 0.05) is 63.6 Å². The molecule has 2 amide bonds. The van der Waals surface area contributed by atoms with E-state index in [9.17, 15) is 13.2 Å². The Morgan fingerprint density at radius 1 is 1.12 bits per heavy atom. The van der Waals surface area contributed by atoms with Gasteiger partial charge in [0.05, 0.1) is 0 Å². The minimum atomic E-state index is -3.48. The van der Waals surface area contributed by atoms with Crippen LogP contribution in [0.3, 0.4) is 0 Å². The second-order valence-corrected chi connectivity index (χ2v) is 11.1. The molecule has 0 atom stereocenters. The molecule has 4 rings (SSSR count). The number of hydrogen-bond acceptors (Lipinski definition) is 7. The summed E-state index contributed by atoms with van der Waals surface area (Å²) in [5.74, 6) is 0.933. The Morgan fingerprint density at radius 2 is 1.88 bits per heavy atom. The van der Waals surface area contributed by atoms with Crippen molar-refractivity contribution in [3.8, 4) is 0 Å². The number of pyridine rings is 1. The molecule has 174 valence electrons. The fraction of sp³-hybridized carbons (Fsp3) is 0.524. The molecular formula is C21H30N6O3S2. The summed E-state index contributed by atoms with van der Waals surface area (Å²) in [5.41, 5.74) is 1.00. The first-order valence-corrected chi connectivity index (χ1v) is 13.2. The zero-order chi connectivity index (χ0) is 22.6. The predicted molar refractivity (Wildman–Crippen MR) is 125 cm³/mol. The SMILES string of the molecule is CN1CCN(c2ncccc2CNC(=O)N2CCC(NS(=O)(=O)c3cccs3)CC2)CC1. The topological polar surface area (TPSA) is 97.9 Å². The summed E-state index contributed by atoms with van der Waals surface area (Å²) in [6.07, 6.45) is 2.98. The van der Waals surface area contributed by atoms with Crippen molar-refractivity contribution in [2.24, 2.45) is 0 Å². The maximum atomic E-state index is 12.7. The molecule has 0 aliphatic carbocycles. The Bertz CT molecular complexity index is 998. The van der Waals surface area contributed by atoms with Crippen LogP contribution in [0.1, 0.15) is 18.4 Å². The number of likely N-dealkylation sites (N-methyl/N-ethyl adjacent to an activating group) is 1. The van der Waals surface area contributed by atoms with Crippen LogP contribution in [0.2, 0.25) is 0 Å². The molecule has 2 fully saturated rings. The Kier molecular flexibility index (Phi) is 7.29. The molecule has 4 heterocycles. The smallest absolute Gasteiger partial charge is 0.317 e. The van der Waals surface area contributed by atoms with E-state index in [1.165, 1.54) is 11.3 Å². The van der Waals surface area contributed by atoms with Gasteiger partial charge in [-0.25, -0.2) is 22.9 Å². The molecule has 2 N–H and O–H groups in total. The second kappa shape index (κ2) is 10.2. The zero-order valence-electron chi connectivity index (χ0n) is 18.2. The molecule has 0 spiro atoms. The van der Waals surface area contributed by atoms with Crippen molar-refractivity contribution in [1.29, 1.82) is 0 Å². The lowest BCUT2D eigenvalue weighted by Crippen LogP contribution is -2.49. The van der Waals surface area contributed by atoms with Gasteiger partial charge in [0.25, 0.3) is 0 Å². The van der Waals surface area contributed by atoms with E-state index in [4.69, 9.17) is 0 Å². The molecule has 2 aliphatic heterocycles. The average molecular weight is 479 g/mol. The number of anilines is 1. The average Bonchev–Trinajstić information content (AvgIpc) is 3.35. The van der Waals surface area contributed by atoms with Gasteiger partial charge in [-0.15, -0.1) is 11.3 Å². The van der Waals surface area contributed by atoms with E-state index in [0.29, 0.717) is 36.7 Å². The van der Waals surface area contributed by atoms with Gasteiger partial charge in [-0.05, 0) is 37.4 Å². The summed E-state index contributed by atoms with van der Waals surface area (Å²) < 4.78 is 27.9. The largest absolute Gasteiger partial charge is 0.354 e. The number of rotatable bonds is 6. The van der Waals surface area contributed by atoms with Crippen LogP contribution in [-0.4, -0.2) is 81.6 Å². The van der Waals surface area contributed by atoms with E-state index in [1.807, 2.05) is 12.1 Å². The molecular weight excluding hydrogens is 448 g/mol.